The van der Waals surface area contributed by atoms with Crippen molar-refractivity contribution in [3.63, 3.8) is 0 Å². The normalized spacial score (nSPS) is 10.1. The Morgan fingerprint density at radius 2 is 0.647 bits per heavy atom. The number of rotatable bonds is 5. The van der Waals surface area contributed by atoms with Crippen molar-refractivity contribution in [1.29, 1.82) is 0 Å². The molecule has 198 valence electrons. The SMILES string of the molecule is Cc1ccc(S(=O)(=O)O)cc1.Cc1ccc(S(=O)(=O)O)cc1.OCCO.OCCO.OCCO. The molecule has 34 heavy (non-hydrogen) atoms. The van der Waals surface area contributed by atoms with E-state index >= 15 is 0 Å². The highest BCUT2D eigenvalue weighted by molar-refractivity contribution is 7.86. The second-order valence-corrected chi connectivity index (χ2v) is 8.76. The number of aliphatic hydroxyl groups excluding tert-OH is 6. The van der Waals surface area contributed by atoms with Crippen LogP contribution in [0.15, 0.2) is 58.3 Å². The summed E-state index contributed by atoms with van der Waals surface area (Å²) in [5.41, 5.74) is 1.91. The molecule has 14 heteroatoms. The van der Waals surface area contributed by atoms with Crippen LogP contribution in [0.3, 0.4) is 0 Å². The van der Waals surface area contributed by atoms with Gasteiger partial charge in [0.05, 0.1) is 49.4 Å². The fourth-order valence-corrected chi connectivity index (χ4v) is 2.38. The summed E-state index contributed by atoms with van der Waals surface area (Å²) in [4.78, 5) is -0.133. The van der Waals surface area contributed by atoms with E-state index in [1.54, 1.807) is 24.3 Å². The van der Waals surface area contributed by atoms with Gasteiger partial charge in [-0.2, -0.15) is 16.8 Å². The van der Waals surface area contributed by atoms with Crippen LogP contribution in [0.1, 0.15) is 11.1 Å². The molecule has 0 saturated carbocycles. The number of aliphatic hydroxyl groups is 6. The molecule has 0 saturated heterocycles. The van der Waals surface area contributed by atoms with Crippen LogP contribution in [-0.4, -0.2) is 96.2 Å². The van der Waals surface area contributed by atoms with Crippen molar-refractivity contribution in [1.82, 2.24) is 0 Å². The molecule has 12 nitrogen and oxygen atoms in total. The Balaban J connectivity index is -0.000000390. The summed E-state index contributed by atoms with van der Waals surface area (Å²) in [7, 11) is -8.04. The molecule has 2 rings (SSSR count). The molecule has 0 fully saturated rings. The minimum absolute atomic E-state index is 0.0666. The molecule has 0 spiro atoms. The molecule has 0 aliphatic carbocycles. The predicted octanol–water partition coefficient (Wildman–Crippen LogP) is -0.604. The Bertz CT molecular complexity index is 838. The lowest BCUT2D eigenvalue weighted by Gasteiger charge is -1.95. The highest BCUT2D eigenvalue weighted by atomic mass is 32.2. The fourth-order valence-electron chi connectivity index (χ4n) is 1.42. The summed E-state index contributed by atoms with van der Waals surface area (Å²) in [5.74, 6) is 0. The van der Waals surface area contributed by atoms with Gasteiger partial charge in [0.25, 0.3) is 20.2 Å². The van der Waals surface area contributed by atoms with Crippen molar-refractivity contribution in [2.45, 2.75) is 23.6 Å². The fraction of sp³-hybridized carbons (Fsp3) is 0.400. The van der Waals surface area contributed by atoms with E-state index in [0.717, 1.165) is 11.1 Å². The minimum Gasteiger partial charge on any atom is -0.394 e. The zero-order valence-electron chi connectivity index (χ0n) is 18.9. The van der Waals surface area contributed by atoms with Gasteiger partial charge < -0.3 is 30.6 Å². The molecule has 0 atom stereocenters. The van der Waals surface area contributed by atoms with Crippen molar-refractivity contribution < 1.29 is 56.6 Å². The molecule has 0 aliphatic heterocycles. The average molecular weight is 531 g/mol. The van der Waals surface area contributed by atoms with Crippen LogP contribution in [0.25, 0.3) is 0 Å². The molecule has 0 bridgehead atoms. The summed E-state index contributed by atoms with van der Waals surface area (Å²) in [5, 5.41) is 45.8. The third kappa shape index (κ3) is 23.2. The van der Waals surface area contributed by atoms with Gasteiger partial charge in [-0.15, -0.1) is 0 Å². The van der Waals surface area contributed by atoms with Crippen molar-refractivity contribution >= 4 is 20.2 Å². The van der Waals surface area contributed by atoms with Crippen LogP contribution in [-0.2, 0) is 20.2 Å². The maximum absolute atomic E-state index is 10.5. The molecule has 0 radical (unpaired) electrons. The lowest BCUT2D eigenvalue weighted by Crippen LogP contribution is -1.96. The van der Waals surface area contributed by atoms with E-state index in [1.807, 2.05) is 13.8 Å². The zero-order chi connectivity index (χ0) is 27.2. The average Bonchev–Trinajstić information content (AvgIpc) is 2.79. The van der Waals surface area contributed by atoms with Crippen molar-refractivity contribution in [3.05, 3.63) is 59.7 Å². The van der Waals surface area contributed by atoms with Crippen molar-refractivity contribution in [3.8, 4) is 0 Å². The standard InChI is InChI=1S/2C7H8O3S.3C2H6O2/c2*1-6-2-4-7(5-3-6)11(8,9)10;3*3-1-2-4/h2*2-5H,1H3,(H,8,9,10);3*3-4H,1-2H2. The lowest BCUT2D eigenvalue weighted by atomic mass is 10.2. The molecule has 0 aromatic heterocycles. The van der Waals surface area contributed by atoms with Crippen LogP contribution in [0.4, 0.5) is 0 Å². The summed E-state index contributed by atoms with van der Waals surface area (Å²) in [6.45, 7) is 2.93. The largest absolute Gasteiger partial charge is 0.394 e. The molecule has 0 amide bonds. The van der Waals surface area contributed by atoms with Crippen LogP contribution in [0.2, 0.25) is 0 Å². The van der Waals surface area contributed by atoms with E-state index in [2.05, 4.69) is 0 Å². The van der Waals surface area contributed by atoms with E-state index < -0.39 is 20.2 Å². The first-order chi connectivity index (χ1) is 15.7. The first-order valence-corrected chi connectivity index (χ1v) is 12.4. The monoisotopic (exact) mass is 530 g/mol. The maximum Gasteiger partial charge on any atom is 0.294 e. The zero-order valence-corrected chi connectivity index (χ0v) is 20.5. The van der Waals surface area contributed by atoms with Gasteiger partial charge in [-0.05, 0) is 38.1 Å². The highest BCUT2D eigenvalue weighted by Gasteiger charge is 2.07. The van der Waals surface area contributed by atoms with Crippen molar-refractivity contribution in [2.75, 3.05) is 39.6 Å². The number of hydrogen-bond acceptors (Lipinski definition) is 10. The van der Waals surface area contributed by atoms with Gasteiger partial charge in [0.1, 0.15) is 0 Å². The molecular weight excluding hydrogens is 496 g/mol. The van der Waals surface area contributed by atoms with Crippen LogP contribution in [0, 0.1) is 13.8 Å². The topological polar surface area (TPSA) is 230 Å². The van der Waals surface area contributed by atoms with Crippen LogP contribution < -0.4 is 0 Å². The Hall–Kier alpha value is -1.98. The highest BCUT2D eigenvalue weighted by Crippen LogP contribution is 2.09. The number of benzene rings is 2. The van der Waals surface area contributed by atoms with Gasteiger partial charge in [-0.3, -0.25) is 9.11 Å². The number of hydrogen-bond donors (Lipinski definition) is 8. The Morgan fingerprint density at radius 1 is 0.471 bits per heavy atom. The molecule has 2 aromatic carbocycles. The number of aryl methyl sites for hydroxylation is 2. The van der Waals surface area contributed by atoms with Gasteiger partial charge in [0.2, 0.25) is 0 Å². The quantitative estimate of drug-likeness (QED) is 0.226. The second kappa shape index (κ2) is 21.5. The van der Waals surface area contributed by atoms with Crippen LogP contribution >= 0.6 is 0 Å². The van der Waals surface area contributed by atoms with Gasteiger partial charge in [0.15, 0.2) is 0 Å². The molecular formula is C20H34O12S2. The van der Waals surface area contributed by atoms with E-state index in [9.17, 15) is 16.8 Å². The summed E-state index contributed by atoms with van der Waals surface area (Å²) in [6.07, 6.45) is 0. The van der Waals surface area contributed by atoms with E-state index in [1.165, 1.54) is 24.3 Å². The molecule has 8 N–H and O–H groups in total. The summed E-state index contributed by atoms with van der Waals surface area (Å²) >= 11 is 0. The van der Waals surface area contributed by atoms with E-state index in [0.29, 0.717) is 0 Å². The maximum atomic E-state index is 10.5. The third-order valence-corrected chi connectivity index (χ3v) is 4.67. The molecule has 0 heterocycles. The van der Waals surface area contributed by atoms with E-state index in [-0.39, 0.29) is 49.4 Å². The van der Waals surface area contributed by atoms with E-state index in [4.69, 9.17) is 39.7 Å². The van der Waals surface area contributed by atoms with Crippen LogP contribution in [0.5, 0.6) is 0 Å². The van der Waals surface area contributed by atoms with Gasteiger partial charge in [0, 0.05) is 0 Å². The summed E-state index contributed by atoms with van der Waals surface area (Å²) < 4.78 is 59.1. The van der Waals surface area contributed by atoms with Gasteiger partial charge in [-0.1, -0.05) is 35.4 Å². The minimum atomic E-state index is -4.02. The lowest BCUT2D eigenvalue weighted by molar-refractivity contribution is 0.186. The van der Waals surface area contributed by atoms with Crippen molar-refractivity contribution in [2.24, 2.45) is 0 Å². The van der Waals surface area contributed by atoms with Gasteiger partial charge in [-0.25, -0.2) is 0 Å². The Morgan fingerprint density at radius 3 is 0.765 bits per heavy atom. The third-order valence-electron chi connectivity index (χ3n) is 2.94. The summed E-state index contributed by atoms with van der Waals surface area (Å²) in [6, 6.07) is 12.0. The van der Waals surface area contributed by atoms with Gasteiger partial charge >= 0.3 is 0 Å². The molecule has 2 aromatic rings. The Labute approximate surface area is 199 Å². The second-order valence-electron chi connectivity index (χ2n) is 5.92. The molecule has 0 unspecified atom stereocenters. The smallest absolute Gasteiger partial charge is 0.294 e. The molecule has 0 aliphatic rings. The first kappa shape index (κ1) is 36.6. The first-order valence-electron chi connectivity index (χ1n) is 9.48. The Kier molecular flexibility index (Phi) is 23.2. The predicted molar refractivity (Wildman–Crippen MR) is 125 cm³/mol.